The molecular formula is C24H22N2O3. The van der Waals surface area contributed by atoms with E-state index in [1.807, 2.05) is 32.0 Å². The molecule has 5 heteroatoms. The average molecular weight is 386 g/mol. The van der Waals surface area contributed by atoms with Crippen molar-refractivity contribution in [3.8, 4) is 0 Å². The summed E-state index contributed by atoms with van der Waals surface area (Å²) in [5.41, 5.74) is 4.64. The van der Waals surface area contributed by atoms with Crippen LogP contribution in [-0.4, -0.2) is 17.6 Å². The molecule has 0 heterocycles. The van der Waals surface area contributed by atoms with Crippen molar-refractivity contribution >= 4 is 29.0 Å². The van der Waals surface area contributed by atoms with Gasteiger partial charge in [-0.1, -0.05) is 24.3 Å². The third kappa shape index (κ3) is 4.76. The van der Waals surface area contributed by atoms with Crippen LogP contribution in [-0.2, 0) is 0 Å². The van der Waals surface area contributed by atoms with E-state index in [-0.39, 0.29) is 17.6 Å². The maximum atomic E-state index is 12.7. The Hall–Kier alpha value is -3.73. The van der Waals surface area contributed by atoms with Gasteiger partial charge in [-0.05, 0) is 74.4 Å². The van der Waals surface area contributed by atoms with Gasteiger partial charge >= 0.3 is 0 Å². The van der Waals surface area contributed by atoms with Crippen molar-refractivity contribution in [3.63, 3.8) is 0 Å². The lowest BCUT2D eigenvalue weighted by atomic mass is 10.1. The summed E-state index contributed by atoms with van der Waals surface area (Å²) in [7, 11) is 0. The van der Waals surface area contributed by atoms with Gasteiger partial charge in [0.25, 0.3) is 11.8 Å². The lowest BCUT2D eigenvalue weighted by Gasteiger charge is -2.12. The largest absolute Gasteiger partial charge is 0.322 e. The zero-order chi connectivity index (χ0) is 21.0. The predicted octanol–water partition coefficient (Wildman–Crippen LogP) is 5.01. The summed E-state index contributed by atoms with van der Waals surface area (Å²) in [6, 6.07) is 19.0. The zero-order valence-electron chi connectivity index (χ0n) is 16.6. The first kappa shape index (κ1) is 20.0. The van der Waals surface area contributed by atoms with Gasteiger partial charge in [-0.3, -0.25) is 14.4 Å². The quantitative estimate of drug-likeness (QED) is 0.605. The minimum Gasteiger partial charge on any atom is -0.322 e. The molecule has 0 unspecified atom stereocenters. The number of carbonyl (C=O) groups is 3. The van der Waals surface area contributed by atoms with Crippen LogP contribution in [0.5, 0.6) is 0 Å². The van der Waals surface area contributed by atoms with Crippen LogP contribution in [0.15, 0.2) is 66.7 Å². The smallest absolute Gasteiger partial charge is 0.255 e. The highest BCUT2D eigenvalue weighted by Crippen LogP contribution is 2.21. The fraction of sp³-hybridized carbons (Fsp3) is 0.125. The number of amides is 2. The van der Waals surface area contributed by atoms with E-state index in [4.69, 9.17) is 0 Å². The van der Waals surface area contributed by atoms with Crippen molar-refractivity contribution in [2.24, 2.45) is 0 Å². The van der Waals surface area contributed by atoms with Crippen LogP contribution in [0, 0.1) is 13.8 Å². The van der Waals surface area contributed by atoms with Gasteiger partial charge in [0, 0.05) is 28.1 Å². The summed E-state index contributed by atoms with van der Waals surface area (Å²) in [5, 5.41) is 5.70. The van der Waals surface area contributed by atoms with Crippen molar-refractivity contribution in [1.82, 2.24) is 0 Å². The minimum absolute atomic E-state index is 0.0366. The molecule has 0 aliphatic heterocycles. The Morgan fingerprint density at radius 3 is 1.72 bits per heavy atom. The first-order valence-corrected chi connectivity index (χ1v) is 9.25. The highest BCUT2D eigenvalue weighted by molar-refractivity contribution is 6.09. The Morgan fingerprint density at radius 2 is 1.17 bits per heavy atom. The third-order valence-electron chi connectivity index (χ3n) is 4.66. The van der Waals surface area contributed by atoms with Crippen molar-refractivity contribution in [1.29, 1.82) is 0 Å². The van der Waals surface area contributed by atoms with Gasteiger partial charge in [0.2, 0.25) is 0 Å². The maximum absolute atomic E-state index is 12.7. The number of para-hydroxylation sites is 1. The van der Waals surface area contributed by atoms with E-state index in [0.29, 0.717) is 22.4 Å². The highest BCUT2D eigenvalue weighted by Gasteiger charge is 2.13. The van der Waals surface area contributed by atoms with E-state index >= 15 is 0 Å². The van der Waals surface area contributed by atoms with Gasteiger partial charge in [0.15, 0.2) is 5.78 Å². The number of carbonyl (C=O) groups excluding carboxylic acids is 3. The molecule has 3 rings (SSSR count). The molecule has 0 radical (unpaired) electrons. The summed E-state index contributed by atoms with van der Waals surface area (Å²) >= 11 is 0. The molecule has 0 aliphatic carbocycles. The first-order chi connectivity index (χ1) is 13.8. The molecule has 0 bridgehead atoms. The number of rotatable bonds is 5. The lowest BCUT2D eigenvalue weighted by Crippen LogP contribution is -2.16. The van der Waals surface area contributed by atoms with Gasteiger partial charge in [-0.15, -0.1) is 0 Å². The van der Waals surface area contributed by atoms with E-state index in [9.17, 15) is 14.4 Å². The number of benzene rings is 3. The van der Waals surface area contributed by atoms with Gasteiger partial charge in [-0.25, -0.2) is 0 Å². The topological polar surface area (TPSA) is 75.3 Å². The Morgan fingerprint density at radius 1 is 0.655 bits per heavy atom. The van der Waals surface area contributed by atoms with E-state index in [2.05, 4.69) is 10.6 Å². The molecular weight excluding hydrogens is 364 g/mol. The molecule has 0 spiro atoms. The molecule has 0 saturated carbocycles. The van der Waals surface area contributed by atoms with E-state index in [0.717, 1.165) is 16.8 Å². The molecule has 0 aromatic heterocycles. The Balaban J connectivity index is 1.75. The third-order valence-corrected chi connectivity index (χ3v) is 4.66. The van der Waals surface area contributed by atoms with Crippen LogP contribution in [0.3, 0.4) is 0 Å². The fourth-order valence-electron chi connectivity index (χ4n) is 2.99. The van der Waals surface area contributed by atoms with Crippen LogP contribution in [0.4, 0.5) is 11.4 Å². The van der Waals surface area contributed by atoms with E-state index < -0.39 is 0 Å². The second-order valence-corrected chi connectivity index (χ2v) is 6.89. The monoisotopic (exact) mass is 386 g/mol. The van der Waals surface area contributed by atoms with Gasteiger partial charge in [-0.2, -0.15) is 0 Å². The summed E-state index contributed by atoms with van der Waals surface area (Å²) in [6.45, 7) is 5.36. The van der Waals surface area contributed by atoms with Crippen LogP contribution < -0.4 is 10.6 Å². The van der Waals surface area contributed by atoms with Crippen molar-refractivity contribution in [3.05, 3.63) is 94.5 Å². The summed E-state index contributed by atoms with van der Waals surface area (Å²) < 4.78 is 0. The van der Waals surface area contributed by atoms with Crippen LogP contribution in [0.2, 0.25) is 0 Å². The molecule has 0 saturated heterocycles. The molecule has 3 aromatic rings. The lowest BCUT2D eigenvalue weighted by molar-refractivity contribution is 0.101. The number of nitrogens with one attached hydrogen (secondary N) is 2. The van der Waals surface area contributed by atoms with Crippen LogP contribution >= 0.6 is 0 Å². The number of anilines is 2. The first-order valence-electron chi connectivity index (χ1n) is 9.25. The number of hydrogen-bond donors (Lipinski definition) is 2. The summed E-state index contributed by atoms with van der Waals surface area (Å²) in [5.74, 6) is -0.643. The molecule has 0 fully saturated rings. The number of hydrogen-bond acceptors (Lipinski definition) is 3. The average Bonchev–Trinajstić information content (AvgIpc) is 2.71. The molecule has 5 nitrogen and oxygen atoms in total. The second kappa shape index (κ2) is 8.52. The number of ketones is 1. The molecule has 29 heavy (non-hydrogen) atoms. The highest BCUT2D eigenvalue weighted by atomic mass is 16.2. The van der Waals surface area contributed by atoms with Crippen LogP contribution in [0.1, 0.15) is 49.1 Å². The number of Topliss-reactive ketones (excluding diaryl/α,β-unsaturated/α-hetero) is 1. The van der Waals surface area contributed by atoms with E-state index in [1.165, 1.54) is 6.92 Å². The second-order valence-electron chi connectivity index (χ2n) is 6.89. The van der Waals surface area contributed by atoms with Gasteiger partial charge in [0.05, 0.1) is 0 Å². The van der Waals surface area contributed by atoms with E-state index in [1.54, 1.807) is 48.5 Å². The maximum Gasteiger partial charge on any atom is 0.255 e. The van der Waals surface area contributed by atoms with Crippen molar-refractivity contribution in [2.45, 2.75) is 20.8 Å². The minimum atomic E-state index is -0.331. The summed E-state index contributed by atoms with van der Waals surface area (Å²) in [4.78, 5) is 36.6. The predicted molar refractivity (Wildman–Crippen MR) is 115 cm³/mol. The van der Waals surface area contributed by atoms with Gasteiger partial charge < -0.3 is 10.6 Å². The summed E-state index contributed by atoms with van der Waals surface area (Å²) in [6.07, 6.45) is 0. The Kier molecular flexibility index (Phi) is 5.88. The normalized spacial score (nSPS) is 10.3. The Labute approximate surface area is 169 Å². The zero-order valence-corrected chi connectivity index (χ0v) is 16.6. The van der Waals surface area contributed by atoms with Crippen molar-refractivity contribution in [2.75, 3.05) is 10.6 Å². The number of aryl methyl sites for hydroxylation is 2. The molecule has 2 amide bonds. The Bertz CT molecular complexity index is 1070. The fourth-order valence-corrected chi connectivity index (χ4v) is 2.99. The molecule has 3 aromatic carbocycles. The molecule has 146 valence electrons. The van der Waals surface area contributed by atoms with Gasteiger partial charge in [0.1, 0.15) is 0 Å². The SMILES string of the molecule is CC(=O)c1ccc(NC(=O)c2cccc(C(=O)Nc3c(C)cccc3C)c2)cc1. The molecule has 0 atom stereocenters. The van der Waals surface area contributed by atoms with Crippen LogP contribution in [0.25, 0.3) is 0 Å². The standard InChI is InChI=1S/C24H22N2O3/c1-15-6-4-7-16(2)22(15)26-24(29)20-9-5-8-19(14-20)23(28)25-21-12-10-18(11-13-21)17(3)27/h4-14H,1-3H3,(H,25,28)(H,26,29). The molecule has 2 N–H and O–H groups in total. The van der Waals surface area contributed by atoms with Crippen molar-refractivity contribution < 1.29 is 14.4 Å². The molecule has 0 aliphatic rings.